The maximum Gasteiger partial charge on any atom is 0.314 e. The van der Waals surface area contributed by atoms with E-state index in [2.05, 4.69) is 15.7 Å². The van der Waals surface area contributed by atoms with E-state index in [0.29, 0.717) is 13.0 Å². The fourth-order valence-corrected chi connectivity index (χ4v) is 1.25. The minimum Gasteiger partial charge on any atom is -0.481 e. The smallest absolute Gasteiger partial charge is 0.314 e. The van der Waals surface area contributed by atoms with E-state index in [-0.39, 0.29) is 19.0 Å². The summed E-state index contributed by atoms with van der Waals surface area (Å²) in [5.74, 6) is -0.932. The summed E-state index contributed by atoms with van der Waals surface area (Å²) < 4.78 is 1.70. The Morgan fingerprint density at radius 3 is 2.71 bits per heavy atom. The molecule has 3 N–H and O–H groups in total. The van der Waals surface area contributed by atoms with Crippen LogP contribution in [-0.4, -0.2) is 40.0 Å². The van der Waals surface area contributed by atoms with Crippen LogP contribution in [0.4, 0.5) is 4.79 Å². The SMILES string of the molecule is Cn1ccc(CCNC(=O)NCCC(=O)O)n1. The fraction of sp³-hybridized carbons (Fsp3) is 0.500. The van der Waals surface area contributed by atoms with Gasteiger partial charge in [-0.15, -0.1) is 0 Å². The van der Waals surface area contributed by atoms with Crippen LogP contribution < -0.4 is 10.6 Å². The summed E-state index contributed by atoms with van der Waals surface area (Å²) >= 11 is 0. The van der Waals surface area contributed by atoms with E-state index in [1.54, 1.807) is 4.68 Å². The summed E-state index contributed by atoms with van der Waals surface area (Å²) in [4.78, 5) is 21.4. The number of rotatable bonds is 6. The minimum atomic E-state index is -0.932. The number of carbonyl (C=O) groups is 2. The van der Waals surface area contributed by atoms with Gasteiger partial charge in [0.15, 0.2) is 0 Å². The van der Waals surface area contributed by atoms with Crippen LogP contribution in [0.1, 0.15) is 12.1 Å². The molecule has 0 saturated carbocycles. The second-order valence-electron chi connectivity index (χ2n) is 3.56. The Hall–Kier alpha value is -2.05. The topological polar surface area (TPSA) is 96.2 Å². The van der Waals surface area contributed by atoms with Crippen molar-refractivity contribution in [1.29, 1.82) is 0 Å². The first-order chi connectivity index (χ1) is 8.08. The summed E-state index contributed by atoms with van der Waals surface area (Å²) in [5.41, 5.74) is 0.901. The fourth-order valence-electron chi connectivity index (χ4n) is 1.25. The largest absolute Gasteiger partial charge is 0.481 e. The van der Waals surface area contributed by atoms with Gasteiger partial charge in [0, 0.05) is 32.8 Å². The van der Waals surface area contributed by atoms with E-state index in [1.807, 2.05) is 19.3 Å². The van der Waals surface area contributed by atoms with Gasteiger partial charge in [0.05, 0.1) is 12.1 Å². The van der Waals surface area contributed by atoms with Gasteiger partial charge >= 0.3 is 12.0 Å². The lowest BCUT2D eigenvalue weighted by Crippen LogP contribution is -2.37. The second kappa shape index (κ2) is 6.51. The zero-order valence-corrected chi connectivity index (χ0v) is 9.64. The molecule has 1 heterocycles. The third-order valence-corrected chi connectivity index (χ3v) is 2.06. The van der Waals surface area contributed by atoms with Gasteiger partial charge < -0.3 is 15.7 Å². The van der Waals surface area contributed by atoms with Crippen molar-refractivity contribution in [3.05, 3.63) is 18.0 Å². The van der Waals surface area contributed by atoms with Crippen molar-refractivity contribution in [2.45, 2.75) is 12.8 Å². The first-order valence-corrected chi connectivity index (χ1v) is 5.30. The lowest BCUT2D eigenvalue weighted by atomic mass is 10.3. The maximum absolute atomic E-state index is 11.2. The van der Waals surface area contributed by atoms with Gasteiger partial charge in [0.25, 0.3) is 0 Å². The van der Waals surface area contributed by atoms with Crippen molar-refractivity contribution < 1.29 is 14.7 Å². The summed E-state index contributed by atoms with van der Waals surface area (Å²) in [7, 11) is 1.83. The number of carbonyl (C=O) groups excluding carboxylic acids is 1. The van der Waals surface area contributed by atoms with Crippen LogP contribution in [0.25, 0.3) is 0 Å². The summed E-state index contributed by atoms with van der Waals surface area (Å²) in [6.45, 7) is 0.598. The number of aryl methyl sites for hydroxylation is 1. The number of hydrogen-bond acceptors (Lipinski definition) is 3. The molecule has 0 aliphatic heterocycles. The third kappa shape index (κ3) is 5.55. The zero-order chi connectivity index (χ0) is 12.7. The molecule has 0 aliphatic rings. The van der Waals surface area contributed by atoms with E-state index < -0.39 is 5.97 Å². The monoisotopic (exact) mass is 240 g/mol. The molecule has 0 radical (unpaired) electrons. The lowest BCUT2D eigenvalue weighted by Gasteiger charge is -2.05. The lowest BCUT2D eigenvalue weighted by molar-refractivity contribution is -0.136. The van der Waals surface area contributed by atoms with Crippen LogP contribution in [0.3, 0.4) is 0 Å². The van der Waals surface area contributed by atoms with Crippen LogP contribution in [-0.2, 0) is 18.3 Å². The highest BCUT2D eigenvalue weighted by Crippen LogP contribution is 1.93. The molecule has 17 heavy (non-hydrogen) atoms. The average molecular weight is 240 g/mol. The van der Waals surface area contributed by atoms with Gasteiger partial charge in [-0.05, 0) is 6.07 Å². The molecule has 0 aromatic carbocycles. The average Bonchev–Trinajstić information content (AvgIpc) is 2.63. The summed E-state index contributed by atoms with van der Waals surface area (Å²) in [5, 5.41) is 17.6. The molecule has 7 heteroatoms. The van der Waals surface area contributed by atoms with Crippen LogP contribution >= 0.6 is 0 Å². The molecule has 0 saturated heterocycles. The zero-order valence-electron chi connectivity index (χ0n) is 9.64. The number of carboxylic acids is 1. The van der Waals surface area contributed by atoms with Crippen molar-refractivity contribution in [3.63, 3.8) is 0 Å². The van der Waals surface area contributed by atoms with E-state index >= 15 is 0 Å². The van der Waals surface area contributed by atoms with Crippen molar-refractivity contribution in [2.75, 3.05) is 13.1 Å². The quantitative estimate of drug-likeness (QED) is 0.638. The second-order valence-corrected chi connectivity index (χ2v) is 3.56. The van der Waals surface area contributed by atoms with Crippen LogP contribution in [0.2, 0.25) is 0 Å². The predicted molar refractivity (Wildman–Crippen MR) is 60.6 cm³/mol. The van der Waals surface area contributed by atoms with E-state index in [4.69, 9.17) is 5.11 Å². The molecule has 1 rings (SSSR count). The Balaban J connectivity index is 2.10. The number of aromatic nitrogens is 2. The van der Waals surface area contributed by atoms with Crippen molar-refractivity contribution in [1.82, 2.24) is 20.4 Å². The standard InChI is InChI=1S/C10H16N4O3/c1-14-7-4-8(13-14)2-5-11-10(17)12-6-3-9(15)16/h4,7H,2-3,5-6H2,1H3,(H,15,16)(H2,11,12,17). The first kappa shape index (κ1) is 13.0. The molecule has 0 unspecified atom stereocenters. The van der Waals surface area contributed by atoms with E-state index in [0.717, 1.165) is 5.69 Å². The number of hydrogen-bond donors (Lipinski definition) is 3. The summed E-state index contributed by atoms with van der Waals surface area (Å²) in [6.07, 6.45) is 2.41. The van der Waals surface area contributed by atoms with Crippen molar-refractivity contribution in [3.8, 4) is 0 Å². The van der Waals surface area contributed by atoms with E-state index in [1.165, 1.54) is 0 Å². The van der Waals surface area contributed by atoms with Gasteiger partial charge in [-0.1, -0.05) is 0 Å². The van der Waals surface area contributed by atoms with Crippen molar-refractivity contribution in [2.24, 2.45) is 7.05 Å². The highest BCUT2D eigenvalue weighted by molar-refractivity contribution is 5.74. The number of aliphatic carboxylic acids is 1. The van der Waals surface area contributed by atoms with Gasteiger partial charge in [0.1, 0.15) is 0 Å². The Bertz CT molecular complexity index is 389. The van der Waals surface area contributed by atoms with Crippen LogP contribution in [0.5, 0.6) is 0 Å². The van der Waals surface area contributed by atoms with Crippen LogP contribution in [0.15, 0.2) is 12.3 Å². The maximum atomic E-state index is 11.2. The predicted octanol–water partition coefficient (Wildman–Crippen LogP) is -0.263. The normalized spacial score (nSPS) is 9.94. The minimum absolute atomic E-state index is 0.0757. The highest BCUT2D eigenvalue weighted by atomic mass is 16.4. The number of nitrogens with zero attached hydrogens (tertiary/aromatic N) is 2. The van der Waals surface area contributed by atoms with Crippen molar-refractivity contribution >= 4 is 12.0 Å². The molecular weight excluding hydrogens is 224 g/mol. The van der Waals surface area contributed by atoms with Gasteiger partial charge in [-0.2, -0.15) is 5.10 Å². The molecule has 7 nitrogen and oxygen atoms in total. The number of carboxylic acid groups (broad SMARTS) is 1. The van der Waals surface area contributed by atoms with Gasteiger partial charge in [-0.25, -0.2) is 4.79 Å². The molecule has 2 amide bonds. The Kier molecular flexibility index (Phi) is 4.99. The van der Waals surface area contributed by atoms with E-state index in [9.17, 15) is 9.59 Å². The highest BCUT2D eigenvalue weighted by Gasteiger charge is 2.02. The van der Waals surface area contributed by atoms with Crippen LogP contribution in [0, 0.1) is 0 Å². The molecule has 0 atom stereocenters. The van der Waals surface area contributed by atoms with Gasteiger partial charge in [0.2, 0.25) is 0 Å². The molecule has 1 aromatic heterocycles. The Labute approximate surface area is 98.8 Å². The first-order valence-electron chi connectivity index (χ1n) is 5.30. The number of amides is 2. The number of urea groups is 1. The molecule has 1 aromatic rings. The Morgan fingerprint density at radius 1 is 1.41 bits per heavy atom. The molecule has 94 valence electrons. The Morgan fingerprint density at radius 2 is 2.12 bits per heavy atom. The molecule has 0 fully saturated rings. The molecule has 0 aliphatic carbocycles. The molecular formula is C10H16N4O3. The number of nitrogens with one attached hydrogen (secondary N) is 2. The third-order valence-electron chi connectivity index (χ3n) is 2.06. The summed E-state index contributed by atoms with van der Waals surface area (Å²) in [6, 6.07) is 1.52. The molecule has 0 bridgehead atoms. The molecule has 0 spiro atoms. The van der Waals surface area contributed by atoms with Gasteiger partial charge in [-0.3, -0.25) is 9.48 Å².